The molecule has 0 radical (unpaired) electrons. The fourth-order valence-corrected chi connectivity index (χ4v) is 1.80. The van der Waals surface area contributed by atoms with Crippen LogP contribution in [0, 0.1) is 5.92 Å². The molecule has 0 saturated heterocycles. The fourth-order valence-electron chi connectivity index (χ4n) is 1.80. The lowest BCUT2D eigenvalue weighted by molar-refractivity contribution is -0.124. The van der Waals surface area contributed by atoms with Crippen molar-refractivity contribution in [1.29, 1.82) is 0 Å². The van der Waals surface area contributed by atoms with Crippen molar-refractivity contribution in [3.05, 3.63) is 0 Å². The first-order valence-electron chi connectivity index (χ1n) is 5.27. The second-order valence-corrected chi connectivity index (χ2v) is 4.36. The molecule has 1 aliphatic rings. The number of likely N-dealkylation sites (N-methyl/N-ethyl adjacent to an activating group) is 1. The average Bonchev–Trinajstić information content (AvgIpc) is 2.51. The second-order valence-electron chi connectivity index (χ2n) is 4.36. The number of nitrogens with two attached hydrogens (primary N) is 1. The summed E-state index contributed by atoms with van der Waals surface area (Å²) in [6.07, 6.45) is 2.80. The SMILES string of the molecule is CN(C)CCNC(=O)C1CCC(N)C1. The Hall–Kier alpha value is -0.610. The van der Waals surface area contributed by atoms with Gasteiger partial charge in [0.25, 0.3) is 0 Å². The molecular formula is C10H21N3O. The molecule has 82 valence electrons. The van der Waals surface area contributed by atoms with Crippen LogP contribution in [-0.4, -0.2) is 44.0 Å². The van der Waals surface area contributed by atoms with Gasteiger partial charge in [-0.25, -0.2) is 0 Å². The van der Waals surface area contributed by atoms with E-state index in [1.807, 2.05) is 14.1 Å². The highest BCUT2D eigenvalue weighted by molar-refractivity contribution is 5.78. The van der Waals surface area contributed by atoms with E-state index >= 15 is 0 Å². The summed E-state index contributed by atoms with van der Waals surface area (Å²) in [7, 11) is 4.00. The van der Waals surface area contributed by atoms with Gasteiger partial charge in [0, 0.05) is 25.0 Å². The first kappa shape index (κ1) is 11.5. The van der Waals surface area contributed by atoms with E-state index < -0.39 is 0 Å². The van der Waals surface area contributed by atoms with Crippen LogP contribution in [0.15, 0.2) is 0 Å². The second kappa shape index (κ2) is 5.32. The molecule has 4 heteroatoms. The molecule has 1 amide bonds. The topological polar surface area (TPSA) is 58.4 Å². The van der Waals surface area contributed by atoms with E-state index in [0.717, 1.165) is 32.4 Å². The van der Waals surface area contributed by atoms with Crippen LogP contribution in [0.4, 0.5) is 0 Å². The summed E-state index contributed by atoms with van der Waals surface area (Å²) in [5.74, 6) is 0.340. The third-order valence-electron chi connectivity index (χ3n) is 2.70. The van der Waals surface area contributed by atoms with Crippen molar-refractivity contribution < 1.29 is 4.79 Å². The Bertz CT molecular complexity index is 194. The molecule has 0 aromatic carbocycles. The summed E-state index contributed by atoms with van der Waals surface area (Å²) in [5, 5.41) is 2.94. The van der Waals surface area contributed by atoms with Gasteiger partial charge in [0.15, 0.2) is 0 Å². The molecule has 0 aromatic heterocycles. The Morgan fingerprint density at radius 3 is 2.71 bits per heavy atom. The van der Waals surface area contributed by atoms with Crippen molar-refractivity contribution in [3.63, 3.8) is 0 Å². The summed E-state index contributed by atoms with van der Waals surface area (Å²) in [4.78, 5) is 13.6. The Balaban J connectivity index is 2.15. The minimum absolute atomic E-state index is 0.159. The van der Waals surface area contributed by atoms with Crippen LogP contribution < -0.4 is 11.1 Å². The maximum absolute atomic E-state index is 11.6. The van der Waals surface area contributed by atoms with E-state index in [1.54, 1.807) is 0 Å². The van der Waals surface area contributed by atoms with Gasteiger partial charge in [-0.05, 0) is 33.4 Å². The van der Waals surface area contributed by atoms with E-state index in [2.05, 4.69) is 10.2 Å². The third-order valence-corrected chi connectivity index (χ3v) is 2.70. The Kier molecular flexibility index (Phi) is 4.35. The van der Waals surface area contributed by atoms with Gasteiger partial charge in [-0.15, -0.1) is 0 Å². The van der Waals surface area contributed by atoms with Gasteiger partial charge in [0.1, 0.15) is 0 Å². The molecule has 2 atom stereocenters. The lowest BCUT2D eigenvalue weighted by Crippen LogP contribution is -2.35. The normalized spacial score (nSPS) is 26.9. The largest absolute Gasteiger partial charge is 0.355 e. The molecular weight excluding hydrogens is 178 g/mol. The molecule has 0 bridgehead atoms. The van der Waals surface area contributed by atoms with E-state index in [1.165, 1.54) is 0 Å². The molecule has 1 saturated carbocycles. The predicted octanol–water partition coefficient (Wildman–Crippen LogP) is -0.208. The molecule has 2 unspecified atom stereocenters. The smallest absolute Gasteiger partial charge is 0.223 e. The number of amides is 1. The summed E-state index contributed by atoms with van der Waals surface area (Å²) in [6.45, 7) is 1.63. The van der Waals surface area contributed by atoms with Gasteiger partial charge in [-0.2, -0.15) is 0 Å². The minimum Gasteiger partial charge on any atom is -0.355 e. The van der Waals surface area contributed by atoms with E-state index in [-0.39, 0.29) is 17.9 Å². The van der Waals surface area contributed by atoms with E-state index in [0.29, 0.717) is 0 Å². The number of nitrogens with zero attached hydrogens (tertiary/aromatic N) is 1. The zero-order valence-electron chi connectivity index (χ0n) is 9.12. The third kappa shape index (κ3) is 3.64. The molecule has 14 heavy (non-hydrogen) atoms. The van der Waals surface area contributed by atoms with E-state index in [4.69, 9.17) is 5.73 Å². The molecule has 1 rings (SSSR count). The van der Waals surface area contributed by atoms with Gasteiger partial charge in [0.2, 0.25) is 5.91 Å². The number of rotatable bonds is 4. The van der Waals surface area contributed by atoms with Gasteiger partial charge >= 0.3 is 0 Å². The monoisotopic (exact) mass is 199 g/mol. The molecule has 0 aliphatic heterocycles. The zero-order chi connectivity index (χ0) is 10.6. The molecule has 0 heterocycles. The quantitative estimate of drug-likeness (QED) is 0.659. The number of hydrogen-bond acceptors (Lipinski definition) is 3. The standard InChI is InChI=1S/C10H21N3O/c1-13(2)6-5-12-10(14)8-3-4-9(11)7-8/h8-9H,3-7,11H2,1-2H3,(H,12,14). The number of carbonyl (C=O) groups is 1. The predicted molar refractivity (Wildman–Crippen MR) is 56.9 cm³/mol. The van der Waals surface area contributed by atoms with E-state index in [9.17, 15) is 4.79 Å². The first-order chi connectivity index (χ1) is 6.59. The van der Waals surface area contributed by atoms with Crippen LogP contribution in [0.2, 0.25) is 0 Å². The lowest BCUT2D eigenvalue weighted by atomic mass is 10.1. The average molecular weight is 199 g/mol. The number of hydrogen-bond donors (Lipinski definition) is 2. The molecule has 1 fully saturated rings. The summed E-state index contributed by atoms with van der Waals surface area (Å²) in [5.41, 5.74) is 5.75. The van der Waals surface area contributed by atoms with Crippen LogP contribution in [0.3, 0.4) is 0 Å². The molecule has 3 N–H and O–H groups in total. The van der Waals surface area contributed by atoms with Crippen molar-refractivity contribution >= 4 is 5.91 Å². The van der Waals surface area contributed by atoms with Crippen LogP contribution >= 0.6 is 0 Å². The van der Waals surface area contributed by atoms with Crippen molar-refractivity contribution in [1.82, 2.24) is 10.2 Å². The van der Waals surface area contributed by atoms with Gasteiger partial charge in [-0.1, -0.05) is 0 Å². The lowest BCUT2D eigenvalue weighted by Gasteiger charge is -2.13. The molecule has 1 aliphatic carbocycles. The summed E-state index contributed by atoms with van der Waals surface area (Å²) in [6, 6.07) is 0.236. The van der Waals surface area contributed by atoms with Crippen molar-refractivity contribution in [2.75, 3.05) is 27.2 Å². The highest BCUT2D eigenvalue weighted by atomic mass is 16.1. The van der Waals surface area contributed by atoms with Crippen molar-refractivity contribution in [2.45, 2.75) is 25.3 Å². The highest BCUT2D eigenvalue weighted by Gasteiger charge is 2.27. The van der Waals surface area contributed by atoms with Gasteiger partial charge in [0.05, 0.1) is 0 Å². The van der Waals surface area contributed by atoms with Crippen molar-refractivity contribution in [3.8, 4) is 0 Å². The van der Waals surface area contributed by atoms with Crippen LogP contribution in [-0.2, 0) is 4.79 Å². The van der Waals surface area contributed by atoms with Gasteiger partial charge < -0.3 is 16.0 Å². The first-order valence-corrected chi connectivity index (χ1v) is 5.27. The molecule has 0 spiro atoms. The minimum atomic E-state index is 0.159. The molecule has 4 nitrogen and oxygen atoms in total. The Morgan fingerprint density at radius 1 is 1.50 bits per heavy atom. The Labute approximate surface area is 85.8 Å². The summed E-state index contributed by atoms with van der Waals surface area (Å²) < 4.78 is 0. The van der Waals surface area contributed by atoms with Crippen LogP contribution in [0.1, 0.15) is 19.3 Å². The maximum Gasteiger partial charge on any atom is 0.223 e. The zero-order valence-corrected chi connectivity index (χ0v) is 9.12. The maximum atomic E-state index is 11.6. The highest BCUT2D eigenvalue weighted by Crippen LogP contribution is 2.23. The van der Waals surface area contributed by atoms with Gasteiger partial charge in [-0.3, -0.25) is 4.79 Å². The van der Waals surface area contributed by atoms with Crippen LogP contribution in [0.5, 0.6) is 0 Å². The number of carbonyl (C=O) groups excluding carboxylic acids is 1. The van der Waals surface area contributed by atoms with Crippen molar-refractivity contribution in [2.24, 2.45) is 11.7 Å². The fraction of sp³-hybridized carbons (Fsp3) is 0.900. The number of nitrogens with one attached hydrogen (secondary N) is 1. The van der Waals surface area contributed by atoms with Crippen LogP contribution in [0.25, 0.3) is 0 Å². The summed E-state index contributed by atoms with van der Waals surface area (Å²) >= 11 is 0. The Morgan fingerprint density at radius 2 is 2.21 bits per heavy atom. The molecule has 0 aromatic rings.